The van der Waals surface area contributed by atoms with Gasteiger partial charge in [-0.1, -0.05) is 55.5 Å². The molecule has 2 aromatic carbocycles. The van der Waals surface area contributed by atoms with Gasteiger partial charge in [0.1, 0.15) is 12.6 Å². The molecule has 1 aliphatic heterocycles. The van der Waals surface area contributed by atoms with E-state index in [0.717, 1.165) is 48.2 Å². The van der Waals surface area contributed by atoms with Crippen molar-refractivity contribution in [1.29, 1.82) is 0 Å². The van der Waals surface area contributed by atoms with Gasteiger partial charge < -0.3 is 25.4 Å². The number of fused-ring (bicyclic) bond motifs is 3. The Morgan fingerprint density at radius 1 is 1.09 bits per heavy atom. The van der Waals surface area contributed by atoms with E-state index in [9.17, 15) is 19.5 Å². The first kappa shape index (κ1) is 23.8. The highest BCUT2D eigenvalue weighted by molar-refractivity contribution is 5.89. The van der Waals surface area contributed by atoms with Gasteiger partial charge in [0.25, 0.3) is 0 Å². The summed E-state index contributed by atoms with van der Waals surface area (Å²) in [5, 5.41) is 14.6. The van der Waals surface area contributed by atoms with E-state index in [2.05, 4.69) is 22.5 Å². The van der Waals surface area contributed by atoms with E-state index in [1.54, 1.807) is 0 Å². The van der Waals surface area contributed by atoms with Crippen molar-refractivity contribution in [2.45, 2.75) is 44.2 Å². The first-order valence-corrected chi connectivity index (χ1v) is 11.8. The second-order valence-corrected chi connectivity index (χ2v) is 8.86. The van der Waals surface area contributed by atoms with Crippen molar-refractivity contribution in [3.63, 3.8) is 0 Å². The standard InChI is InChI=1S/C26H31N3O5/c1-2-29-13-7-8-17(15-29)27-25(32)23(14-24(30)31)28-26(33)34-16-22-20-11-5-3-9-18(20)19-10-4-6-12-21(19)22/h3-6,9-12,17,22-23H,2,7-8,13-16H2,1H3,(H,27,32)(H,28,33)(H,30,31). The number of hydrogen-bond donors (Lipinski definition) is 3. The molecule has 3 N–H and O–H groups in total. The van der Waals surface area contributed by atoms with Gasteiger partial charge in [0.15, 0.2) is 0 Å². The van der Waals surface area contributed by atoms with Gasteiger partial charge >= 0.3 is 12.1 Å². The minimum Gasteiger partial charge on any atom is -0.481 e. The highest BCUT2D eigenvalue weighted by Crippen LogP contribution is 2.44. The lowest BCUT2D eigenvalue weighted by Crippen LogP contribution is -2.54. The van der Waals surface area contributed by atoms with Gasteiger partial charge in [0.05, 0.1) is 6.42 Å². The fraction of sp³-hybridized carbons (Fsp3) is 0.423. The lowest BCUT2D eigenvalue weighted by atomic mass is 9.98. The van der Waals surface area contributed by atoms with Gasteiger partial charge in [0.2, 0.25) is 5.91 Å². The number of rotatable bonds is 8. The van der Waals surface area contributed by atoms with E-state index < -0.39 is 30.4 Å². The summed E-state index contributed by atoms with van der Waals surface area (Å²) < 4.78 is 5.50. The fourth-order valence-electron chi connectivity index (χ4n) is 4.93. The van der Waals surface area contributed by atoms with Crippen LogP contribution in [-0.4, -0.2) is 66.3 Å². The molecule has 2 amide bonds. The highest BCUT2D eigenvalue weighted by Gasteiger charge is 2.31. The Kier molecular flexibility index (Phi) is 7.47. The molecule has 0 saturated carbocycles. The lowest BCUT2D eigenvalue weighted by molar-refractivity contribution is -0.140. The number of piperidine rings is 1. The topological polar surface area (TPSA) is 108 Å². The quantitative estimate of drug-likeness (QED) is 0.553. The average molecular weight is 466 g/mol. The van der Waals surface area contributed by atoms with Crippen LogP contribution in [0.2, 0.25) is 0 Å². The molecule has 2 atom stereocenters. The molecule has 180 valence electrons. The van der Waals surface area contributed by atoms with E-state index in [1.807, 2.05) is 48.5 Å². The number of hydrogen-bond acceptors (Lipinski definition) is 5. The van der Waals surface area contributed by atoms with E-state index >= 15 is 0 Å². The Morgan fingerprint density at radius 2 is 1.74 bits per heavy atom. The van der Waals surface area contributed by atoms with Gasteiger partial charge in [-0.15, -0.1) is 0 Å². The number of carbonyl (C=O) groups is 3. The second kappa shape index (κ2) is 10.7. The Balaban J connectivity index is 1.38. The van der Waals surface area contributed by atoms with Crippen LogP contribution in [0, 0.1) is 0 Å². The molecular formula is C26H31N3O5. The third-order valence-electron chi connectivity index (χ3n) is 6.63. The number of alkyl carbamates (subject to hydrolysis) is 1. The maximum Gasteiger partial charge on any atom is 0.407 e. The third-order valence-corrected chi connectivity index (χ3v) is 6.63. The van der Waals surface area contributed by atoms with Crippen molar-refractivity contribution in [1.82, 2.24) is 15.5 Å². The Bertz CT molecular complexity index is 1010. The zero-order valence-electron chi connectivity index (χ0n) is 19.3. The summed E-state index contributed by atoms with van der Waals surface area (Å²) in [6, 6.07) is 14.7. The molecule has 1 fully saturated rings. The molecule has 1 saturated heterocycles. The van der Waals surface area contributed by atoms with Crippen LogP contribution in [0.3, 0.4) is 0 Å². The minimum absolute atomic E-state index is 0.0678. The summed E-state index contributed by atoms with van der Waals surface area (Å²) in [5.74, 6) is -1.79. The Hall–Kier alpha value is -3.39. The van der Waals surface area contributed by atoms with Gasteiger partial charge in [0, 0.05) is 18.5 Å². The molecule has 0 bridgehead atoms. The molecule has 4 rings (SSSR count). The lowest BCUT2D eigenvalue weighted by Gasteiger charge is -2.33. The Labute approximate surface area is 199 Å². The van der Waals surface area contributed by atoms with Crippen molar-refractivity contribution >= 4 is 18.0 Å². The molecule has 2 aliphatic rings. The normalized spacial score (nSPS) is 18.4. The van der Waals surface area contributed by atoms with Crippen LogP contribution >= 0.6 is 0 Å². The molecule has 0 radical (unpaired) electrons. The molecule has 0 spiro atoms. The van der Waals surface area contributed by atoms with E-state index in [0.29, 0.717) is 6.54 Å². The number of nitrogens with one attached hydrogen (secondary N) is 2. The average Bonchev–Trinajstić information content (AvgIpc) is 3.16. The molecule has 34 heavy (non-hydrogen) atoms. The van der Waals surface area contributed by atoms with Gasteiger partial charge in [-0.2, -0.15) is 0 Å². The predicted octanol–water partition coefficient (Wildman–Crippen LogP) is 2.97. The van der Waals surface area contributed by atoms with Crippen LogP contribution in [-0.2, 0) is 14.3 Å². The predicted molar refractivity (Wildman–Crippen MR) is 128 cm³/mol. The highest BCUT2D eigenvalue weighted by atomic mass is 16.5. The molecule has 8 nitrogen and oxygen atoms in total. The van der Waals surface area contributed by atoms with Gasteiger partial charge in [-0.25, -0.2) is 4.79 Å². The van der Waals surface area contributed by atoms with Gasteiger partial charge in [-0.05, 0) is 48.2 Å². The molecule has 0 aromatic heterocycles. The summed E-state index contributed by atoms with van der Waals surface area (Å²) in [6.07, 6.45) is 0.470. The van der Waals surface area contributed by atoms with E-state index in [4.69, 9.17) is 4.74 Å². The van der Waals surface area contributed by atoms with Crippen LogP contribution < -0.4 is 10.6 Å². The molecule has 1 heterocycles. The zero-order chi connectivity index (χ0) is 24.1. The first-order chi connectivity index (χ1) is 16.5. The van der Waals surface area contributed by atoms with Crippen LogP contribution in [0.5, 0.6) is 0 Å². The third kappa shape index (κ3) is 5.39. The largest absolute Gasteiger partial charge is 0.481 e. The van der Waals surface area contributed by atoms with Crippen molar-refractivity contribution in [2.24, 2.45) is 0 Å². The number of nitrogens with zero attached hydrogens (tertiary/aromatic N) is 1. The van der Waals surface area contributed by atoms with Gasteiger partial charge in [-0.3, -0.25) is 9.59 Å². The minimum atomic E-state index is -1.20. The first-order valence-electron chi connectivity index (χ1n) is 11.8. The van der Waals surface area contributed by atoms with Crippen LogP contribution in [0.4, 0.5) is 4.79 Å². The molecule has 2 aromatic rings. The van der Waals surface area contributed by atoms with Crippen molar-refractivity contribution in [2.75, 3.05) is 26.2 Å². The number of ether oxygens (including phenoxy) is 1. The molecule has 1 aliphatic carbocycles. The SMILES string of the molecule is CCN1CCCC(NC(=O)C(CC(=O)O)NC(=O)OCC2c3ccccc3-c3ccccc32)C1. The number of likely N-dealkylation sites (N-methyl/N-ethyl adjacent to an activating group) is 1. The van der Waals surface area contributed by atoms with Crippen LogP contribution in [0.15, 0.2) is 48.5 Å². The molecule has 8 heteroatoms. The smallest absolute Gasteiger partial charge is 0.407 e. The second-order valence-electron chi connectivity index (χ2n) is 8.86. The summed E-state index contributed by atoms with van der Waals surface area (Å²) in [5.41, 5.74) is 4.39. The van der Waals surface area contributed by atoms with Crippen LogP contribution in [0.25, 0.3) is 11.1 Å². The summed E-state index contributed by atoms with van der Waals surface area (Å²) in [7, 11) is 0. The van der Waals surface area contributed by atoms with Crippen molar-refractivity contribution in [3.05, 3.63) is 59.7 Å². The number of likely N-dealkylation sites (tertiary alicyclic amines) is 1. The fourth-order valence-corrected chi connectivity index (χ4v) is 4.93. The molecular weight excluding hydrogens is 434 g/mol. The number of carboxylic acid groups (broad SMARTS) is 1. The zero-order valence-corrected chi connectivity index (χ0v) is 19.3. The summed E-state index contributed by atoms with van der Waals surface area (Å²) in [4.78, 5) is 39.0. The van der Waals surface area contributed by atoms with Crippen molar-refractivity contribution < 1.29 is 24.2 Å². The summed E-state index contributed by atoms with van der Waals surface area (Å²) in [6.45, 7) is 4.75. The Morgan fingerprint density at radius 3 is 2.35 bits per heavy atom. The number of benzene rings is 2. The maximum absolute atomic E-state index is 12.8. The monoisotopic (exact) mass is 465 g/mol. The number of aliphatic carboxylic acids is 1. The number of carboxylic acids is 1. The summed E-state index contributed by atoms with van der Waals surface area (Å²) >= 11 is 0. The molecule has 2 unspecified atom stereocenters. The number of carbonyl (C=O) groups excluding carboxylic acids is 2. The van der Waals surface area contributed by atoms with E-state index in [1.165, 1.54) is 0 Å². The van der Waals surface area contributed by atoms with E-state index in [-0.39, 0.29) is 18.6 Å². The number of amides is 2. The van der Waals surface area contributed by atoms with Crippen LogP contribution in [0.1, 0.15) is 43.2 Å². The van der Waals surface area contributed by atoms with Crippen molar-refractivity contribution in [3.8, 4) is 11.1 Å². The maximum atomic E-state index is 12.8.